The van der Waals surface area contributed by atoms with Crippen molar-refractivity contribution in [3.8, 4) is 0 Å². The Bertz CT molecular complexity index is 326. The first-order valence-electron chi connectivity index (χ1n) is 6.58. The molecule has 1 aliphatic rings. The number of piperazine rings is 1. The molecule has 1 heterocycles. The van der Waals surface area contributed by atoms with Gasteiger partial charge < -0.3 is 15.2 Å². The van der Waals surface area contributed by atoms with Gasteiger partial charge in [0.25, 0.3) is 0 Å². The lowest BCUT2D eigenvalue weighted by Gasteiger charge is -2.30. The Labute approximate surface area is 109 Å². The number of aliphatic hydroxyl groups excluding tert-OH is 1. The molecule has 1 unspecified atom stereocenters. The van der Waals surface area contributed by atoms with Gasteiger partial charge in [-0.2, -0.15) is 0 Å². The Morgan fingerprint density at radius 2 is 1.94 bits per heavy atom. The molecule has 1 fully saturated rings. The molecule has 18 heavy (non-hydrogen) atoms. The zero-order valence-corrected chi connectivity index (χ0v) is 10.7. The third kappa shape index (κ3) is 4.38. The average Bonchev–Trinajstić information content (AvgIpc) is 2.45. The van der Waals surface area contributed by atoms with Gasteiger partial charge in [-0.1, -0.05) is 30.3 Å². The van der Waals surface area contributed by atoms with Gasteiger partial charge in [-0.25, -0.2) is 0 Å². The van der Waals surface area contributed by atoms with Crippen LogP contribution in [-0.4, -0.2) is 55.4 Å². The van der Waals surface area contributed by atoms with E-state index in [1.165, 1.54) is 0 Å². The van der Waals surface area contributed by atoms with Crippen LogP contribution in [0.15, 0.2) is 30.3 Å². The predicted molar refractivity (Wildman–Crippen MR) is 71.4 cm³/mol. The fraction of sp³-hybridized carbons (Fsp3) is 0.571. The van der Waals surface area contributed by atoms with Crippen LogP contribution in [0, 0.1) is 0 Å². The van der Waals surface area contributed by atoms with E-state index in [1.807, 2.05) is 30.3 Å². The average molecular weight is 250 g/mol. The first-order chi connectivity index (χ1) is 8.88. The van der Waals surface area contributed by atoms with E-state index in [2.05, 4.69) is 10.2 Å². The second-order valence-corrected chi connectivity index (χ2v) is 4.65. The lowest BCUT2D eigenvalue weighted by atomic mass is 10.2. The lowest BCUT2D eigenvalue weighted by Crippen LogP contribution is -2.47. The molecule has 2 N–H and O–H groups in total. The molecule has 0 spiro atoms. The van der Waals surface area contributed by atoms with Crippen LogP contribution in [0.3, 0.4) is 0 Å². The summed E-state index contributed by atoms with van der Waals surface area (Å²) in [6.07, 6.45) is -0.0942. The molecular weight excluding hydrogens is 228 g/mol. The number of nitrogens with one attached hydrogen (secondary N) is 1. The number of benzene rings is 1. The molecule has 0 radical (unpaired) electrons. The SMILES string of the molecule is OCC(CN1CCNCC1)OCc1ccccc1. The van der Waals surface area contributed by atoms with Gasteiger partial charge in [-0.3, -0.25) is 4.90 Å². The molecule has 1 atom stereocenters. The van der Waals surface area contributed by atoms with Crippen molar-refractivity contribution in [1.29, 1.82) is 0 Å². The third-order valence-electron chi connectivity index (χ3n) is 3.20. The maximum Gasteiger partial charge on any atom is 0.0936 e. The normalized spacial score (nSPS) is 18.7. The zero-order valence-electron chi connectivity index (χ0n) is 10.7. The van der Waals surface area contributed by atoms with Crippen molar-refractivity contribution in [3.05, 3.63) is 35.9 Å². The van der Waals surface area contributed by atoms with Crippen molar-refractivity contribution in [3.63, 3.8) is 0 Å². The van der Waals surface area contributed by atoms with Crippen LogP contribution in [-0.2, 0) is 11.3 Å². The maximum atomic E-state index is 9.37. The number of ether oxygens (including phenoxy) is 1. The monoisotopic (exact) mass is 250 g/mol. The van der Waals surface area contributed by atoms with Crippen molar-refractivity contribution in [2.24, 2.45) is 0 Å². The number of nitrogens with zero attached hydrogens (tertiary/aromatic N) is 1. The second-order valence-electron chi connectivity index (χ2n) is 4.65. The summed E-state index contributed by atoms with van der Waals surface area (Å²) in [7, 11) is 0. The summed E-state index contributed by atoms with van der Waals surface area (Å²) in [4.78, 5) is 2.34. The van der Waals surface area contributed by atoms with Crippen LogP contribution in [0.25, 0.3) is 0 Å². The Balaban J connectivity index is 1.74. The van der Waals surface area contributed by atoms with Crippen molar-refractivity contribution < 1.29 is 9.84 Å². The molecule has 2 rings (SSSR count). The van der Waals surface area contributed by atoms with Crippen LogP contribution in [0.2, 0.25) is 0 Å². The first-order valence-corrected chi connectivity index (χ1v) is 6.58. The van der Waals surface area contributed by atoms with Gasteiger partial charge in [0.2, 0.25) is 0 Å². The largest absolute Gasteiger partial charge is 0.394 e. The van der Waals surface area contributed by atoms with E-state index in [4.69, 9.17) is 4.74 Å². The van der Waals surface area contributed by atoms with Crippen molar-refractivity contribution in [1.82, 2.24) is 10.2 Å². The van der Waals surface area contributed by atoms with E-state index in [0.29, 0.717) is 6.61 Å². The molecule has 0 bridgehead atoms. The summed E-state index contributed by atoms with van der Waals surface area (Å²) in [5, 5.41) is 12.7. The molecule has 1 aromatic rings. The summed E-state index contributed by atoms with van der Waals surface area (Å²) < 4.78 is 5.77. The summed E-state index contributed by atoms with van der Waals surface area (Å²) in [5.41, 5.74) is 1.15. The number of rotatable bonds is 6. The van der Waals surface area contributed by atoms with E-state index in [1.54, 1.807) is 0 Å². The Morgan fingerprint density at radius 1 is 1.22 bits per heavy atom. The summed E-state index contributed by atoms with van der Waals surface area (Å²) >= 11 is 0. The Hall–Kier alpha value is -0.940. The van der Waals surface area contributed by atoms with E-state index in [0.717, 1.165) is 38.3 Å². The summed E-state index contributed by atoms with van der Waals surface area (Å²) in [5.74, 6) is 0. The Kier molecular flexibility index (Phi) is 5.61. The number of hydrogen-bond donors (Lipinski definition) is 2. The van der Waals surface area contributed by atoms with E-state index >= 15 is 0 Å². The standard InChI is InChI=1S/C14H22N2O2/c17-11-14(10-16-8-6-15-7-9-16)18-12-13-4-2-1-3-5-13/h1-5,14-15,17H,6-12H2. The van der Waals surface area contributed by atoms with E-state index in [9.17, 15) is 5.11 Å². The minimum atomic E-state index is -0.0942. The Morgan fingerprint density at radius 3 is 2.61 bits per heavy atom. The highest BCUT2D eigenvalue weighted by atomic mass is 16.5. The second kappa shape index (κ2) is 7.48. The van der Waals surface area contributed by atoms with E-state index in [-0.39, 0.29) is 12.7 Å². The third-order valence-corrected chi connectivity index (χ3v) is 3.20. The minimum Gasteiger partial charge on any atom is -0.394 e. The molecule has 0 amide bonds. The van der Waals surface area contributed by atoms with Crippen LogP contribution in [0.5, 0.6) is 0 Å². The molecule has 4 heteroatoms. The van der Waals surface area contributed by atoms with Gasteiger partial charge in [0, 0.05) is 32.7 Å². The minimum absolute atomic E-state index is 0.0801. The van der Waals surface area contributed by atoms with Crippen molar-refractivity contribution in [2.45, 2.75) is 12.7 Å². The fourth-order valence-corrected chi connectivity index (χ4v) is 2.13. The van der Waals surface area contributed by atoms with Crippen LogP contribution >= 0.6 is 0 Å². The van der Waals surface area contributed by atoms with Gasteiger partial charge >= 0.3 is 0 Å². The predicted octanol–water partition coefficient (Wildman–Crippen LogP) is 0.469. The van der Waals surface area contributed by atoms with Crippen LogP contribution < -0.4 is 5.32 Å². The van der Waals surface area contributed by atoms with Crippen molar-refractivity contribution >= 4 is 0 Å². The van der Waals surface area contributed by atoms with Gasteiger partial charge in [-0.15, -0.1) is 0 Å². The highest BCUT2D eigenvalue weighted by Crippen LogP contribution is 2.05. The molecule has 0 aliphatic carbocycles. The highest BCUT2D eigenvalue weighted by molar-refractivity contribution is 5.13. The first kappa shape index (κ1) is 13.5. The highest BCUT2D eigenvalue weighted by Gasteiger charge is 2.16. The maximum absolute atomic E-state index is 9.37. The molecule has 0 aromatic heterocycles. The van der Waals surface area contributed by atoms with E-state index < -0.39 is 0 Å². The fourth-order valence-electron chi connectivity index (χ4n) is 2.13. The van der Waals surface area contributed by atoms with Gasteiger partial charge in [0.05, 0.1) is 19.3 Å². The molecular formula is C14H22N2O2. The van der Waals surface area contributed by atoms with Crippen LogP contribution in [0.1, 0.15) is 5.56 Å². The number of aliphatic hydroxyl groups is 1. The lowest BCUT2D eigenvalue weighted by molar-refractivity contribution is -0.0190. The quantitative estimate of drug-likeness (QED) is 0.770. The van der Waals surface area contributed by atoms with Gasteiger partial charge in [-0.05, 0) is 5.56 Å². The molecule has 1 aromatic carbocycles. The molecule has 4 nitrogen and oxygen atoms in total. The topological polar surface area (TPSA) is 44.7 Å². The molecule has 1 aliphatic heterocycles. The summed E-state index contributed by atoms with van der Waals surface area (Å²) in [6.45, 7) is 5.57. The zero-order chi connectivity index (χ0) is 12.6. The summed E-state index contributed by atoms with van der Waals surface area (Å²) in [6, 6.07) is 10.1. The van der Waals surface area contributed by atoms with Crippen LogP contribution in [0.4, 0.5) is 0 Å². The van der Waals surface area contributed by atoms with Gasteiger partial charge in [0.15, 0.2) is 0 Å². The molecule has 1 saturated heterocycles. The number of hydrogen-bond acceptors (Lipinski definition) is 4. The smallest absolute Gasteiger partial charge is 0.0936 e. The molecule has 100 valence electrons. The van der Waals surface area contributed by atoms with Gasteiger partial charge in [0.1, 0.15) is 0 Å². The van der Waals surface area contributed by atoms with Crippen molar-refractivity contribution in [2.75, 3.05) is 39.3 Å². The molecule has 0 saturated carbocycles.